The maximum atomic E-state index is 13.0. The second-order valence-corrected chi connectivity index (χ2v) is 10.2. The van der Waals surface area contributed by atoms with E-state index in [0.717, 1.165) is 64.3 Å². The van der Waals surface area contributed by atoms with E-state index in [2.05, 4.69) is 26.1 Å². The molecule has 0 N–H and O–H groups in total. The summed E-state index contributed by atoms with van der Waals surface area (Å²) in [6, 6.07) is 8.23. The molecular weight excluding hydrogens is 411 g/mol. The molecule has 0 bridgehead atoms. The van der Waals surface area contributed by atoms with Gasteiger partial charge in [0.15, 0.2) is 0 Å². The van der Waals surface area contributed by atoms with Crippen molar-refractivity contribution in [3.63, 3.8) is 0 Å². The fraction of sp³-hybridized carbons (Fsp3) is 0.500. The minimum atomic E-state index is -0.634. The van der Waals surface area contributed by atoms with Crippen LogP contribution in [-0.2, 0) is 11.2 Å². The highest BCUT2D eigenvalue weighted by Gasteiger charge is 2.31. The Labute approximate surface area is 185 Å². The molecule has 1 aliphatic heterocycles. The van der Waals surface area contributed by atoms with Crippen LogP contribution in [0, 0.1) is 18.8 Å². The molecule has 1 aromatic carbocycles. The van der Waals surface area contributed by atoms with Crippen LogP contribution in [0.4, 0.5) is 4.39 Å². The summed E-state index contributed by atoms with van der Waals surface area (Å²) < 4.78 is 13.0. The van der Waals surface area contributed by atoms with Crippen molar-refractivity contribution in [2.24, 2.45) is 11.8 Å². The number of halogens is 1. The fourth-order valence-electron chi connectivity index (χ4n) is 4.84. The number of carbonyl (C=O) groups is 1. The summed E-state index contributed by atoms with van der Waals surface area (Å²) in [6.07, 6.45) is 5.65. The molecule has 0 unspecified atom stereocenters. The van der Waals surface area contributed by atoms with Crippen LogP contribution in [0.25, 0.3) is 21.3 Å². The highest BCUT2D eigenvalue weighted by molar-refractivity contribution is 7.14. The van der Waals surface area contributed by atoms with Gasteiger partial charge in [-0.1, -0.05) is 23.5 Å². The zero-order valence-electron chi connectivity index (χ0n) is 17.8. The molecule has 31 heavy (non-hydrogen) atoms. The van der Waals surface area contributed by atoms with Gasteiger partial charge in [0.05, 0.1) is 0 Å². The van der Waals surface area contributed by atoms with Crippen molar-refractivity contribution < 1.29 is 9.18 Å². The van der Waals surface area contributed by atoms with Crippen molar-refractivity contribution in [2.45, 2.75) is 45.2 Å². The molecule has 0 radical (unpaired) electrons. The minimum Gasteiger partial charge on any atom is -0.299 e. The summed E-state index contributed by atoms with van der Waals surface area (Å²) in [4.78, 5) is 19.7. The lowest BCUT2D eigenvalue weighted by atomic mass is 9.78. The van der Waals surface area contributed by atoms with Gasteiger partial charge in [0.1, 0.15) is 22.0 Å². The average Bonchev–Trinajstić information content (AvgIpc) is 3.19. The first-order valence-corrected chi connectivity index (χ1v) is 11.9. The predicted octanol–water partition coefficient (Wildman–Crippen LogP) is 4.63. The predicted molar refractivity (Wildman–Crippen MR) is 121 cm³/mol. The summed E-state index contributed by atoms with van der Waals surface area (Å²) in [7, 11) is 0. The Morgan fingerprint density at radius 1 is 1.13 bits per heavy atom. The molecule has 3 aromatic rings. The van der Waals surface area contributed by atoms with Crippen LogP contribution in [0.1, 0.15) is 36.4 Å². The molecule has 0 amide bonds. The largest absolute Gasteiger partial charge is 0.299 e. The van der Waals surface area contributed by atoms with E-state index in [1.165, 1.54) is 0 Å². The molecular formula is C24H27FN4OS. The fourth-order valence-corrected chi connectivity index (χ4v) is 5.53. The smallest absolute Gasteiger partial charge is 0.147 e. The zero-order valence-corrected chi connectivity index (χ0v) is 18.6. The van der Waals surface area contributed by atoms with Gasteiger partial charge in [0.25, 0.3) is 0 Å². The number of fused-ring (bicyclic) bond motifs is 1. The van der Waals surface area contributed by atoms with Gasteiger partial charge in [-0.2, -0.15) is 0 Å². The van der Waals surface area contributed by atoms with E-state index < -0.39 is 6.17 Å². The van der Waals surface area contributed by atoms with E-state index in [4.69, 9.17) is 0 Å². The number of aromatic nitrogens is 3. The van der Waals surface area contributed by atoms with Crippen LogP contribution in [0.2, 0.25) is 0 Å². The molecule has 2 fully saturated rings. The van der Waals surface area contributed by atoms with Gasteiger partial charge in [-0.05, 0) is 56.0 Å². The molecule has 1 aliphatic carbocycles. The molecule has 2 aromatic heterocycles. The summed E-state index contributed by atoms with van der Waals surface area (Å²) in [5.74, 6) is 1.04. The summed E-state index contributed by atoms with van der Waals surface area (Å²) in [5, 5.41) is 12.3. The maximum Gasteiger partial charge on any atom is 0.147 e. The molecule has 0 atom stereocenters. The van der Waals surface area contributed by atoms with Crippen LogP contribution < -0.4 is 0 Å². The lowest BCUT2D eigenvalue weighted by Gasteiger charge is -2.38. The highest BCUT2D eigenvalue weighted by atomic mass is 32.1. The number of nitrogens with zero attached hydrogens (tertiary/aromatic N) is 4. The van der Waals surface area contributed by atoms with Gasteiger partial charge < -0.3 is 0 Å². The number of hydrogen-bond donors (Lipinski definition) is 0. The number of ketones is 1. The Hall–Kier alpha value is -2.25. The second kappa shape index (κ2) is 8.71. The lowest BCUT2D eigenvalue weighted by Crippen LogP contribution is -2.50. The third kappa shape index (κ3) is 4.67. The Balaban J connectivity index is 1.21. The number of likely N-dealkylation sites (tertiary alicyclic amines) is 1. The normalized spacial score (nSPS) is 22.5. The van der Waals surface area contributed by atoms with Crippen molar-refractivity contribution in [1.82, 2.24) is 20.1 Å². The third-order valence-electron chi connectivity index (χ3n) is 6.64. The number of aryl methyl sites for hydroxylation is 1. The van der Waals surface area contributed by atoms with E-state index >= 15 is 0 Å². The topological polar surface area (TPSA) is 59.0 Å². The molecule has 5 rings (SSSR count). The molecule has 5 nitrogen and oxygen atoms in total. The van der Waals surface area contributed by atoms with Crippen LogP contribution in [-0.4, -0.2) is 51.7 Å². The Morgan fingerprint density at radius 2 is 1.94 bits per heavy atom. The van der Waals surface area contributed by atoms with Gasteiger partial charge in [-0.25, -0.2) is 4.39 Å². The molecule has 0 spiro atoms. The number of alkyl halides is 1. The lowest BCUT2D eigenvalue weighted by molar-refractivity contribution is -0.123. The molecule has 1 saturated carbocycles. The minimum absolute atomic E-state index is 0.134. The average molecular weight is 439 g/mol. The first-order valence-electron chi connectivity index (χ1n) is 11.1. The third-order valence-corrected chi connectivity index (χ3v) is 7.53. The molecule has 1 saturated heterocycles. The van der Waals surface area contributed by atoms with E-state index in [1.54, 1.807) is 11.3 Å². The van der Waals surface area contributed by atoms with E-state index in [0.29, 0.717) is 31.2 Å². The van der Waals surface area contributed by atoms with E-state index in [1.807, 2.05) is 31.3 Å². The van der Waals surface area contributed by atoms with E-state index in [-0.39, 0.29) is 5.92 Å². The van der Waals surface area contributed by atoms with Gasteiger partial charge in [0.2, 0.25) is 0 Å². The standard InChI is InChI=1S/C24H27FN4OS/c1-15-27-28-24(31-15)18-6-7-19-11-26-22(9-20(19)8-18)10-23(30)17-4-2-16(3-5-17)12-29-13-21(25)14-29/h6-9,11,16-17,21H,2-5,10,12-14H2,1H3. The Bertz CT molecular complexity index is 1090. The van der Waals surface area contributed by atoms with Gasteiger partial charge in [-0.15, -0.1) is 10.2 Å². The molecule has 162 valence electrons. The number of rotatable bonds is 6. The number of pyridine rings is 1. The number of benzene rings is 1. The second-order valence-electron chi connectivity index (χ2n) is 9.04. The first kappa shape index (κ1) is 20.6. The van der Waals surface area contributed by atoms with Crippen molar-refractivity contribution in [2.75, 3.05) is 19.6 Å². The van der Waals surface area contributed by atoms with Crippen molar-refractivity contribution >= 4 is 27.9 Å². The van der Waals surface area contributed by atoms with Crippen LogP contribution >= 0.6 is 11.3 Å². The summed E-state index contributed by atoms with van der Waals surface area (Å²) >= 11 is 1.58. The Morgan fingerprint density at radius 3 is 2.65 bits per heavy atom. The molecule has 2 aliphatic rings. The SMILES string of the molecule is Cc1nnc(-c2ccc3cnc(CC(=O)C4CCC(CN5CC(F)C5)CC4)cc3c2)s1. The van der Waals surface area contributed by atoms with Crippen LogP contribution in [0.5, 0.6) is 0 Å². The number of hydrogen-bond acceptors (Lipinski definition) is 6. The van der Waals surface area contributed by atoms with Gasteiger partial charge >= 0.3 is 0 Å². The first-order chi connectivity index (χ1) is 15.0. The van der Waals surface area contributed by atoms with Crippen molar-refractivity contribution in [3.8, 4) is 10.6 Å². The number of carbonyl (C=O) groups excluding carboxylic acids is 1. The van der Waals surface area contributed by atoms with Crippen LogP contribution in [0.15, 0.2) is 30.5 Å². The van der Waals surface area contributed by atoms with Gasteiger partial charge in [0, 0.05) is 54.8 Å². The van der Waals surface area contributed by atoms with Crippen molar-refractivity contribution in [1.29, 1.82) is 0 Å². The van der Waals surface area contributed by atoms with Crippen LogP contribution in [0.3, 0.4) is 0 Å². The molecule has 7 heteroatoms. The van der Waals surface area contributed by atoms with Crippen molar-refractivity contribution in [3.05, 3.63) is 41.2 Å². The Kier molecular flexibility index (Phi) is 5.80. The quantitative estimate of drug-likeness (QED) is 0.561. The van der Waals surface area contributed by atoms with E-state index in [9.17, 15) is 9.18 Å². The summed E-state index contributed by atoms with van der Waals surface area (Å²) in [5.41, 5.74) is 1.88. The molecule has 3 heterocycles. The highest BCUT2D eigenvalue weighted by Crippen LogP contribution is 2.32. The maximum absolute atomic E-state index is 13.0. The van der Waals surface area contributed by atoms with Gasteiger partial charge in [-0.3, -0.25) is 14.7 Å². The monoisotopic (exact) mass is 438 g/mol. The zero-order chi connectivity index (χ0) is 21.4. The summed E-state index contributed by atoms with van der Waals surface area (Å²) in [6.45, 7) is 4.12. The number of Topliss-reactive ketones (excluding diaryl/α,β-unsaturated/α-hetero) is 1.